The van der Waals surface area contributed by atoms with Gasteiger partial charge >= 0.3 is 6.09 Å². The van der Waals surface area contributed by atoms with Crippen molar-refractivity contribution in [1.82, 2.24) is 5.32 Å². The number of carbonyl (C=O) groups excluding carboxylic acids is 1. The molecule has 1 aliphatic rings. The molecule has 0 aromatic carbocycles. The van der Waals surface area contributed by atoms with Crippen molar-refractivity contribution in [3.05, 3.63) is 11.8 Å². The lowest BCUT2D eigenvalue weighted by atomic mass is 10.2. The molecule has 14 heavy (non-hydrogen) atoms. The second-order valence-corrected chi connectivity index (χ2v) is 4.66. The molecule has 1 fully saturated rings. The number of alkyl carbamates (subject to hydrolysis) is 1. The lowest BCUT2D eigenvalue weighted by Crippen LogP contribution is -2.29. The van der Waals surface area contributed by atoms with Gasteiger partial charge in [-0.3, -0.25) is 5.32 Å². The molecule has 0 saturated heterocycles. The number of nitrogens with one attached hydrogen (secondary N) is 1. The number of amides is 1. The summed E-state index contributed by atoms with van der Waals surface area (Å²) in [5.74, 6) is 0. The first-order valence-corrected chi connectivity index (χ1v) is 5.15. The molecule has 1 N–H and O–H groups in total. The summed E-state index contributed by atoms with van der Waals surface area (Å²) < 4.78 is 5.10. The van der Waals surface area contributed by atoms with Crippen LogP contribution in [0.2, 0.25) is 0 Å². The lowest BCUT2D eigenvalue weighted by molar-refractivity contribution is 0.0552. The molecule has 0 atom stereocenters. The molecule has 0 aromatic heterocycles. The largest absolute Gasteiger partial charge is 0.444 e. The number of allylic oxidation sites excluding steroid dienone is 1. The van der Waals surface area contributed by atoms with Crippen molar-refractivity contribution in [2.24, 2.45) is 0 Å². The summed E-state index contributed by atoms with van der Waals surface area (Å²) in [5.41, 5.74) is 0.897. The van der Waals surface area contributed by atoms with E-state index in [1.54, 1.807) is 6.20 Å². The van der Waals surface area contributed by atoms with Crippen LogP contribution in [0.5, 0.6) is 0 Å². The monoisotopic (exact) mass is 197 g/mol. The molecule has 0 radical (unpaired) electrons. The van der Waals surface area contributed by atoms with Crippen LogP contribution in [-0.4, -0.2) is 11.7 Å². The summed E-state index contributed by atoms with van der Waals surface area (Å²) in [4.78, 5) is 11.2. The predicted molar refractivity (Wildman–Crippen MR) is 55.9 cm³/mol. The third kappa shape index (κ3) is 4.30. The van der Waals surface area contributed by atoms with E-state index in [-0.39, 0.29) is 6.09 Å². The van der Waals surface area contributed by atoms with Crippen LogP contribution in [0.3, 0.4) is 0 Å². The summed E-state index contributed by atoms with van der Waals surface area (Å²) in [5, 5.41) is 2.66. The number of hydrogen-bond donors (Lipinski definition) is 1. The molecular formula is C11H19NO2. The van der Waals surface area contributed by atoms with Gasteiger partial charge in [0.05, 0.1) is 0 Å². The van der Waals surface area contributed by atoms with E-state index >= 15 is 0 Å². The molecule has 1 rings (SSSR count). The molecule has 0 aromatic rings. The van der Waals surface area contributed by atoms with Crippen molar-refractivity contribution in [1.29, 1.82) is 0 Å². The molecule has 0 spiro atoms. The minimum atomic E-state index is -0.418. The maximum atomic E-state index is 11.2. The van der Waals surface area contributed by atoms with Gasteiger partial charge < -0.3 is 4.74 Å². The Morgan fingerprint density at radius 2 is 1.93 bits per heavy atom. The summed E-state index contributed by atoms with van der Waals surface area (Å²) in [6, 6.07) is 0. The molecule has 3 heteroatoms. The van der Waals surface area contributed by atoms with Gasteiger partial charge in [0.25, 0.3) is 0 Å². The van der Waals surface area contributed by atoms with Crippen LogP contribution in [0, 0.1) is 0 Å². The first-order valence-electron chi connectivity index (χ1n) is 5.15. The Morgan fingerprint density at radius 3 is 2.43 bits per heavy atom. The molecule has 1 saturated carbocycles. The van der Waals surface area contributed by atoms with E-state index in [1.807, 2.05) is 20.8 Å². The third-order valence-electron chi connectivity index (χ3n) is 2.04. The van der Waals surface area contributed by atoms with Gasteiger partial charge in [0.1, 0.15) is 5.60 Å². The highest BCUT2D eigenvalue weighted by Crippen LogP contribution is 2.22. The lowest BCUT2D eigenvalue weighted by Gasteiger charge is -2.18. The van der Waals surface area contributed by atoms with Crippen molar-refractivity contribution >= 4 is 6.09 Å². The SMILES string of the molecule is CC(C)(C)OC(=O)NC=C1CCCC1. The van der Waals surface area contributed by atoms with E-state index < -0.39 is 5.60 Å². The molecule has 0 bridgehead atoms. The maximum Gasteiger partial charge on any atom is 0.411 e. The minimum absolute atomic E-state index is 0.364. The Labute approximate surface area is 85.5 Å². The summed E-state index contributed by atoms with van der Waals surface area (Å²) in [6.45, 7) is 5.57. The first kappa shape index (κ1) is 11.1. The van der Waals surface area contributed by atoms with Crippen LogP contribution in [0.15, 0.2) is 11.8 Å². The van der Waals surface area contributed by atoms with Crippen molar-refractivity contribution in [3.8, 4) is 0 Å². The van der Waals surface area contributed by atoms with Gasteiger partial charge in [-0.25, -0.2) is 4.79 Å². The second kappa shape index (κ2) is 4.49. The molecule has 0 aliphatic heterocycles. The highest BCUT2D eigenvalue weighted by Gasteiger charge is 2.15. The van der Waals surface area contributed by atoms with E-state index in [0.717, 1.165) is 12.8 Å². The van der Waals surface area contributed by atoms with Gasteiger partial charge in [0.15, 0.2) is 0 Å². The van der Waals surface area contributed by atoms with Crippen LogP contribution in [0.4, 0.5) is 4.79 Å². The maximum absolute atomic E-state index is 11.2. The van der Waals surface area contributed by atoms with Gasteiger partial charge in [-0.1, -0.05) is 5.57 Å². The number of rotatable bonds is 1. The molecule has 0 heterocycles. The highest BCUT2D eigenvalue weighted by atomic mass is 16.6. The fourth-order valence-electron chi connectivity index (χ4n) is 1.44. The molecule has 3 nitrogen and oxygen atoms in total. The van der Waals surface area contributed by atoms with E-state index in [4.69, 9.17) is 4.74 Å². The van der Waals surface area contributed by atoms with Crippen LogP contribution < -0.4 is 5.32 Å². The fraction of sp³-hybridized carbons (Fsp3) is 0.727. The van der Waals surface area contributed by atoms with Crippen LogP contribution in [-0.2, 0) is 4.74 Å². The third-order valence-corrected chi connectivity index (χ3v) is 2.04. The molecule has 1 aliphatic carbocycles. The fourth-order valence-corrected chi connectivity index (χ4v) is 1.44. The predicted octanol–water partition coefficient (Wildman–Crippen LogP) is 2.97. The Bertz CT molecular complexity index is 230. The second-order valence-electron chi connectivity index (χ2n) is 4.66. The van der Waals surface area contributed by atoms with Crippen LogP contribution >= 0.6 is 0 Å². The van der Waals surface area contributed by atoms with Crippen LogP contribution in [0.1, 0.15) is 46.5 Å². The quantitative estimate of drug-likeness (QED) is 0.701. The van der Waals surface area contributed by atoms with E-state index in [0.29, 0.717) is 0 Å². The molecule has 1 amide bonds. The van der Waals surface area contributed by atoms with Crippen molar-refractivity contribution in [2.75, 3.05) is 0 Å². The summed E-state index contributed by atoms with van der Waals surface area (Å²) >= 11 is 0. The standard InChI is InChI=1S/C11H19NO2/c1-11(2,3)14-10(13)12-8-9-6-4-5-7-9/h8H,4-7H2,1-3H3,(H,12,13). The minimum Gasteiger partial charge on any atom is -0.444 e. The topological polar surface area (TPSA) is 38.3 Å². The number of hydrogen-bond acceptors (Lipinski definition) is 2. The molecular weight excluding hydrogens is 178 g/mol. The van der Waals surface area contributed by atoms with Gasteiger partial charge in [-0.15, -0.1) is 0 Å². The Balaban J connectivity index is 2.30. The van der Waals surface area contributed by atoms with Gasteiger partial charge in [0.2, 0.25) is 0 Å². The van der Waals surface area contributed by atoms with Gasteiger partial charge in [-0.2, -0.15) is 0 Å². The zero-order valence-electron chi connectivity index (χ0n) is 9.22. The van der Waals surface area contributed by atoms with E-state index in [1.165, 1.54) is 18.4 Å². The number of ether oxygens (including phenoxy) is 1. The van der Waals surface area contributed by atoms with Crippen LogP contribution in [0.25, 0.3) is 0 Å². The molecule has 0 unspecified atom stereocenters. The average molecular weight is 197 g/mol. The average Bonchev–Trinajstić information content (AvgIpc) is 2.49. The van der Waals surface area contributed by atoms with Gasteiger partial charge in [-0.05, 0) is 46.5 Å². The first-order chi connectivity index (χ1) is 6.47. The summed E-state index contributed by atoms with van der Waals surface area (Å²) in [6.07, 6.45) is 6.12. The van der Waals surface area contributed by atoms with Crippen molar-refractivity contribution in [3.63, 3.8) is 0 Å². The molecule has 80 valence electrons. The van der Waals surface area contributed by atoms with Crippen molar-refractivity contribution < 1.29 is 9.53 Å². The van der Waals surface area contributed by atoms with Crippen molar-refractivity contribution in [2.45, 2.75) is 52.1 Å². The van der Waals surface area contributed by atoms with E-state index in [2.05, 4.69) is 5.32 Å². The normalized spacial score (nSPS) is 16.6. The summed E-state index contributed by atoms with van der Waals surface area (Å²) in [7, 11) is 0. The van der Waals surface area contributed by atoms with Gasteiger partial charge in [0, 0.05) is 6.20 Å². The Kier molecular flexibility index (Phi) is 3.55. The van der Waals surface area contributed by atoms with E-state index in [9.17, 15) is 4.79 Å². The Hall–Kier alpha value is -0.990. The Morgan fingerprint density at radius 1 is 1.36 bits per heavy atom. The number of carbonyl (C=O) groups is 1. The smallest absolute Gasteiger partial charge is 0.411 e. The zero-order valence-corrected chi connectivity index (χ0v) is 9.22. The highest BCUT2D eigenvalue weighted by molar-refractivity contribution is 5.69. The zero-order chi connectivity index (χ0) is 10.6.